The Hall–Kier alpha value is -0.710. The van der Waals surface area contributed by atoms with Gasteiger partial charge in [0.1, 0.15) is 0 Å². The fraction of sp³-hybridized carbons (Fsp3) is 0.842. The first-order valence-corrected chi connectivity index (χ1v) is 9.06. The lowest BCUT2D eigenvalue weighted by molar-refractivity contribution is -0.154. The summed E-state index contributed by atoms with van der Waals surface area (Å²) in [6.07, 6.45) is 4.49. The summed E-state index contributed by atoms with van der Waals surface area (Å²) in [6, 6.07) is 0. The summed E-state index contributed by atoms with van der Waals surface area (Å²) in [5.74, 6) is 0.776. The number of ketones is 1. The maximum absolute atomic E-state index is 11.8. The van der Waals surface area contributed by atoms with Crippen LogP contribution in [0, 0.1) is 28.6 Å². The first-order valence-electron chi connectivity index (χ1n) is 9.06. The summed E-state index contributed by atoms with van der Waals surface area (Å²) in [7, 11) is 0. The molecule has 0 saturated heterocycles. The molecule has 23 heavy (non-hydrogen) atoms. The van der Waals surface area contributed by atoms with E-state index in [2.05, 4.69) is 13.8 Å². The van der Waals surface area contributed by atoms with Crippen LogP contribution < -0.4 is 0 Å². The average molecular weight is 320 g/mol. The summed E-state index contributed by atoms with van der Waals surface area (Å²) in [4.78, 5) is 11.8. The van der Waals surface area contributed by atoms with Crippen LogP contribution in [0.4, 0.5) is 0 Å². The van der Waals surface area contributed by atoms with Crippen LogP contribution in [0.5, 0.6) is 0 Å². The molecule has 0 bridgehead atoms. The molecular formula is C19H28O4. The molecule has 0 radical (unpaired) electrons. The second kappa shape index (κ2) is 4.90. The third-order valence-electron chi connectivity index (χ3n) is 7.86. The van der Waals surface area contributed by atoms with Gasteiger partial charge in [-0.25, -0.2) is 0 Å². The number of fused-ring (bicyclic) bond motifs is 5. The Balaban J connectivity index is 1.78. The lowest BCUT2D eigenvalue weighted by Crippen LogP contribution is -2.59. The Labute approximate surface area is 137 Å². The largest absolute Gasteiger partial charge is 0.393 e. The lowest BCUT2D eigenvalue weighted by Gasteiger charge is -2.60. The molecular weight excluding hydrogens is 292 g/mol. The van der Waals surface area contributed by atoms with E-state index in [1.54, 1.807) is 6.08 Å². The van der Waals surface area contributed by atoms with Crippen molar-refractivity contribution in [2.24, 2.45) is 28.6 Å². The Morgan fingerprint density at radius 3 is 2.65 bits per heavy atom. The Kier molecular flexibility index (Phi) is 3.37. The highest BCUT2D eigenvalue weighted by Crippen LogP contribution is 2.65. The molecule has 4 aliphatic rings. The zero-order valence-electron chi connectivity index (χ0n) is 14.0. The van der Waals surface area contributed by atoms with Crippen LogP contribution in [0.25, 0.3) is 0 Å². The number of carbonyl (C=O) groups is 1. The van der Waals surface area contributed by atoms with E-state index in [0.717, 1.165) is 24.8 Å². The maximum Gasteiger partial charge on any atom is 0.155 e. The molecule has 4 nitrogen and oxygen atoms in total. The fourth-order valence-electron chi connectivity index (χ4n) is 6.71. The highest BCUT2D eigenvalue weighted by atomic mass is 16.3. The van der Waals surface area contributed by atoms with Gasteiger partial charge in [0.2, 0.25) is 0 Å². The van der Waals surface area contributed by atoms with Gasteiger partial charge in [-0.15, -0.1) is 0 Å². The monoisotopic (exact) mass is 320 g/mol. The van der Waals surface area contributed by atoms with E-state index in [-0.39, 0.29) is 34.6 Å². The smallest absolute Gasteiger partial charge is 0.155 e. The predicted octanol–water partition coefficient (Wildman–Crippen LogP) is 1.82. The van der Waals surface area contributed by atoms with E-state index in [1.165, 1.54) is 0 Å². The normalized spacial score (nSPS) is 55.7. The molecule has 4 rings (SSSR count). The zero-order chi connectivity index (χ0) is 16.6. The van der Waals surface area contributed by atoms with Gasteiger partial charge in [0.05, 0.1) is 18.3 Å². The van der Waals surface area contributed by atoms with E-state index in [4.69, 9.17) is 0 Å². The van der Waals surface area contributed by atoms with Gasteiger partial charge >= 0.3 is 0 Å². The minimum absolute atomic E-state index is 0.0913. The third-order valence-corrected chi connectivity index (χ3v) is 7.86. The van der Waals surface area contributed by atoms with Crippen LogP contribution in [-0.4, -0.2) is 39.4 Å². The number of aliphatic hydroxyl groups excluding tert-OH is 3. The Morgan fingerprint density at radius 2 is 1.91 bits per heavy atom. The molecule has 3 unspecified atom stereocenters. The number of hydrogen-bond acceptors (Lipinski definition) is 4. The minimum Gasteiger partial charge on any atom is -0.393 e. The van der Waals surface area contributed by atoms with Crippen LogP contribution >= 0.6 is 0 Å². The molecule has 3 N–H and O–H groups in total. The molecule has 8 atom stereocenters. The molecule has 3 saturated carbocycles. The number of aliphatic hydroxyl groups is 3. The van der Waals surface area contributed by atoms with Gasteiger partial charge in [0.25, 0.3) is 0 Å². The number of rotatable bonds is 0. The second-order valence-corrected chi connectivity index (χ2v) is 8.90. The first-order chi connectivity index (χ1) is 10.8. The Morgan fingerprint density at radius 1 is 1.17 bits per heavy atom. The van der Waals surface area contributed by atoms with E-state index in [0.29, 0.717) is 25.2 Å². The fourth-order valence-corrected chi connectivity index (χ4v) is 6.71. The number of carbonyl (C=O) groups excluding carboxylic acids is 1. The molecule has 0 amide bonds. The molecule has 4 heteroatoms. The Bertz CT molecular complexity index is 570. The molecule has 3 fully saturated rings. The van der Waals surface area contributed by atoms with E-state index in [1.807, 2.05) is 0 Å². The molecule has 0 spiro atoms. The van der Waals surface area contributed by atoms with Crippen molar-refractivity contribution in [3.05, 3.63) is 11.6 Å². The summed E-state index contributed by atoms with van der Waals surface area (Å²) >= 11 is 0. The van der Waals surface area contributed by atoms with Gasteiger partial charge in [-0.1, -0.05) is 13.8 Å². The van der Waals surface area contributed by atoms with Crippen molar-refractivity contribution in [1.29, 1.82) is 0 Å². The summed E-state index contributed by atoms with van der Waals surface area (Å²) in [5, 5.41) is 32.2. The zero-order valence-corrected chi connectivity index (χ0v) is 14.0. The van der Waals surface area contributed by atoms with Crippen molar-refractivity contribution >= 4 is 5.78 Å². The summed E-state index contributed by atoms with van der Waals surface area (Å²) in [6.45, 7) is 4.24. The van der Waals surface area contributed by atoms with Crippen molar-refractivity contribution < 1.29 is 20.1 Å². The minimum atomic E-state index is -0.585. The summed E-state index contributed by atoms with van der Waals surface area (Å²) in [5.41, 5.74) is 0.323. The van der Waals surface area contributed by atoms with Gasteiger partial charge in [-0.05, 0) is 72.3 Å². The van der Waals surface area contributed by atoms with Crippen LogP contribution in [0.15, 0.2) is 11.6 Å². The van der Waals surface area contributed by atoms with Crippen molar-refractivity contribution in [2.75, 3.05) is 0 Å². The van der Waals surface area contributed by atoms with Crippen LogP contribution in [0.2, 0.25) is 0 Å². The van der Waals surface area contributed by atoms with Crippen LogP contribution in [0.3, 0.4) is 0 Å². The van der Waals surface area contributed by atoms with E-state index < -0.39 is 12.2 Å². The highest BCUT2D eigenvalue weighted by molar-refractivity contribution is 5.91. The van der Waals surface area contributed by atoms with E-state index in [9.17, 15) is 20.1 Å². The molecule has 0 heterocycles. The van der Waals surface area contributed by atoms with Gasteiger partial charge < -0.3 is 15.3 Å². The average Bonchev–Trinajstić information content (AvgIpc) is 2.76. The van der Waals surface area contributed by atoms with Crippen molar-refractivity contribution in [3.8, 4) is 0 Å². The third kappa shape index (κ3) is 1.98. The second-order valence-electron chi connectivity index (χ2n) is 8.90. The molecule has 0 aromatic carbocycles. The SMILES string of the molecule is C[C@]12CCC(=O)C=C1C(O)C[C@@H]1[C@H]2C(O)C[C@]2(C)C(O)CC[C@@H]12. The summed E-state index contributed by atoms with van der Waals surface area (Å²) < 4.78 is 0. The van der Waals surface area contributed by atoms with Crippen LogP contribution in [-0.2, 0) is 4.79 Å². The van der Waals surface area contributed by atoms with Gasteiger partial charge in [0, 0.05) is 6.42 Å². The van der Waals surface area contributed by atoms with Crippen molar-refractivity contribution in [2.45, 2.75) is 70.7 Å². The molecule has 0 aromatic rings. The molecule has 128 valence electrons. The van der Waals surface area contributed by atoms with Crippen molar-refractivity contribution in [1.82, 2.24) is 0 Å². The highest BCUT2D eigenvalue weighted by Gasteiger charge is 2.63. The van der Waals surface area contributed by atoms with E-state index >= 15 is 0 Å². The lowest BCUT2D eigenvalue weighted by atomic mass is 9.46. The quantitative estimate of drug-likeness (QED) is 0.636. The molecule has 0 aromatic heterocycles. The van der Waals surface area contributed by atoms with Gasteiger partial charge in [-0.2, -0.15) is 0 Å². The van der Waals surface area contributed by atoms with Crippen LogP contribution in [0.1, 0.15) is 52.4 Å². The standard InChI is InChI=1S/C19H28O4/c1-18-6-5-10(20)7-13(18)14(21)8-11-12-3-4-16(23)19(12,2)9-15(22)17(11)18/h7,11-12,14-17,21-23H,3-6,8-9H2,1-2H3/t11-,12-,14?,15?,16?,17-,18-,19-/m0/s1. The topological polar surface area (TPSA) is 77.8 Å². The molecule has 4 aliphatic carbocycles. The first kappa shape index (κ1) is 15.8. The van der Waals surface area contributed by atoms with Crippen molar-refractivity contribution in [3.63, 3.8) is 0 Å². The van der Waals surface area contributed by atoms with Gasteiger partial charge in [0.15, 0.2) is 5.78 Å². The van der Waals surface area contributed by atoms with Gasteiger partial charge in [-0.3, -0.25) is 4.79 Å². The molecule has 0 aliphatic heterocycles. The predicted molar refractivity (Wildman–Crippen MR) is 85.5 cm³/mol. The number of hydrogen-bond donors (Lipinski definition) is 3. The maximum atomic E-state index is 11.8.